The Morgan fingerprint density at radius 3 is 2.40 bits per heavy atom. The minimum absolute atomic E-state index is 0.0388. The van der Waals surface area contributed by atoms with Crippen molar-refractivity contribution in [3.63, 3.8) is 0 Å². The Morgan fingerprint density at radius 1 is 0.917 bits per heavy atom. The van der Waals surface area contributed by atoms with E-state index in [1.807, 2.05) is 63.2 Å². The lowest BCUT2D eigenvalue weighted by molar-refractivity contribution is -0.255. The van der Waals surface area contributed by atoms with Crippen molar-refractivity contribution in [3.05, 3.63) is 65.2 Å². The number of hydroxylamine groups is 1. The largest absolute Gasteiger partial charge is 0.392 e. The Hall–Kier alpha value is -3.35. The summed E-state index contributed by atoms with van der Waals surface area (Å²) in [5.74, 6) is -0.119. The second-order valence-corrected chi connectivity index (χ2v) is 14.6. The second-order valence-electron chi connectivity index (χ2n) is 14.6. The summed E-state index contributed by atoms with van der Waals surface area (Å²) < 4.78 is 13.3. The molecule has 0 aromatic heterocycles. The molecule has 0 unspecified atom stereocenters. The molecule has 0 bridgehead atoms. The van der Waals surface area contributed by atoms with E-state index in [4.69, 9.17) is 14.7 Å². The zero-order valence-corrected chi connectivity index (χ0v) is 28.5. The van der Waals surface area contributed by atoms with E-state index in [0.29, 0.717) is 37.0 Å². The number of nitrogens with one attached hydrogen (secondary N) is 3. The van der Waals surface area contributed by atoms with Crippen LogP contribution in [-0.2, 0) is 30.5 Å². The highest BCUT2D eigenvalue weighted by atomic mass is 16.7. The van der Waals surface area contributed by atoms with Gasteiger partial charge in [0.15, 0.2) is 6.29 Å². The van der Waals surface area contributed by atoms with E-state index in [9.17, 15) is 19.5 Å². The molecule has 0 spiro atoms. The molecule has 2 aromatic carbocycles. The van der Waals surface area contributed by atoms with Gasteiger partial charge in [-0.25, -0.2) is 5.48 Å². The molecule has 3 aliphatic rings. The molecule has 5 N–H and O–H groups in total. The third-order valence-electron chi connectivity index (χ3n) is 9.71. The summed E-state index contributed by atoms with van der Waals surface area (Å²) in [7, 11) is 0. The number of fused-ring (bicyclic) bond motifs is 1. The van der Waals surface area contributed by atoms with Gasteiger partial charge in [-0.2, -0.15) is 0 Å². The van der Waals surface area contributed by atoms with Gasteiger partial charge >= 0.3 is 0 Å². The van der Waals surface area contributed by atoms with Crippen LogP contribution in [0.5, 0.6) is 0 Å². The Labute approximate surface area is 283 Å². The molecule has 1 saturated carbocycles. The van der Waals surface area contributed by atoms with Crippen LogP contribution in [0.2, 0.25) is 0 Å². The van der Waals surface area contributed by atoms with Crippen molar-refractivity contribution in [3.8, 4) is 0 Å². The van der Waals surface area contributed by atoms with Gasteiger partial charge in [0.25, 0.3) is 0 Å². The van der Waals surface area contributed by atoms with Crippen molar-refractivity contribution in [1.29, 1.82) is 0 Å². The monoisotopic (exact) mass is 664 g/mol. The maximum absolute atomic E-state index is 13.7. The number of aliphatic hydroxyl groups excluding tert-OH is 1. The lowest BCUT2D eigenvalue weighted by Gasteiger charge is -2.50. The van der Waals surface area contributed by atoms with Crippen LogP contribution in [0.1, 0.15) is 114 Å². The van der Waals surface area contributed by atoms with E-state index in [1.165, 1.54) is 12.8 Å². The molecule has 2 saturated heterocycles. The number of ether oxygens (including phenoxy) is 2. The summed E-state index contributed by atoms with van der Waals surface area (Å²) in [5.41, 5.74) is 4.40. The number of carbonyl (C=O) groups is 3. The molecule has 5 rings (SSSR count). The molecule has 48 heavy (non-hydrogen) atoms. The molecular formula is C37H52N4O7. The average molecular weight is 665 g/mol. The highest BCUT2D eigenvalue weighted by molar-refractivity contribution is 5.91. The smallest absolute Gasteiger partial charge is 0.243 e. The average Bonchev–Trinajstić information content (AvgIpc) is 3.07. The van der Waals surface area contributed by atoms with Gasteiger partial charge in [0.05, 0.1) is 24.9 Å². The summed E-state index contributed by atoms with van der Waals surface area (Å²) in [5, 5.41) is 24.4. The first-order valence-electron chi connectivity index (χ1n) is 17.4. The van der Waals surface area contributed by atoms with Gasteiger partial charge in [-0.1, -0.05) is 49.2 Å². The molecule has 3 amide bonds. The first kappa shape index (κ1) is 35.9. The number of carbonyl (C=O) groups excluding carboxylic acids is 3. The zero-order chi connectivity index (χ0) is 34.3. The van der Waals surface area contributed by atoms with Crippen LogP contribution in [0, 0.1) is 5.92 Å². The Morgan fingerprint density at radius 2 is 1.67 bits per heavy atom. The number of nitrogens with zero attached hydrogens (tertiary/aromatic N) is 1. The number of likely N-dealkylation sites (tertiary alicyclic amines) is 1. The van der Waals surface area contributed by atoms with E-state index < -0.39 is 12.2 Å². The summed E-state index contributed by atoms with van der Waals surface area (Å²) >= 11 is 0. The minimum Gasteiger partial charge on any atom is -0.392 e. The quantitative estimate of drug-likeness (QED) is 0.161. The standard InChI is InChI=1S/C37H52N4O7/c1-37(2,3)39-35(45)31-19-18-25-8-4-5-11-30(25)41(31)22-29-21-32(26-16-14-24(23-42)15-17-26)48-36(47-29)27-9-6-10-28(20-27)38-33(43)12-7-13-34(44)40-46/h6,9-10,14-17,20,25,29-32,36,42,46H,4-5,7-8,11-13,18-19,21-23H2,1-3H3,(H,38,43)(H,39,45)(H,40,44)/t25-,29+,30-,31-,32-,36-/m1/s1. The Bertz CT molecular complexity index is 1390. The number of aliphatic hydroxyl groups is 1. The molecule has 1 aliphatic carbocycles. The molecule has 0 radical (unpaired) electrons. The summed E-state index contributed by atoms with van der Waals surface area (Å²) in [6.07, 6.45) is 6.42. The number of anilines is 1. The van der Waals surface area contributed by atoms with Crippen LogP contribution < -0.4 is 16.1 Å². The fourth-order valence-corrected chi connectivity index (χ4v) is 7.45. The lowest BCUT2D eigenvalue weighted by Crippen LogP contribution is -2.61. The SMILES string of the molecule is CC(C)(C)NC(=O)[C@H]1CC[C@H]2CCCC[C@H]2N1C[C@@H]1C[C@H](c2ccc(CO)cc2)O[C@H](c2cccc(NC(=O)CCCC(=O)NO)c2)O1. The van der Waals surface area contributed by atoms with Crippen molar-refractivity contribution in [2.24, 2.45) is 5.92 Å². The number of hydrogen-bond acceptors (Lipinski definition) is 8. The van der Waals surface area contributed by atoms with Crippen molar-refractivity contribution in [2.75, 3.05) is 11.9 Å². The lowest BCUT2D eigenvalue weighted by atomic mass is 9.75. The molecule has 6 atom stereocenters. The molecule has 2 aliphatic heterocycles. The predicted octanol–water partition coefficient (Wildman–Crippen LogP) is 5.28. The van der Waals surface area contributed by atoms with Gasteiger partial charge < -0.3 is 25.2 Å². The zero-order valence-electron chi connectivity index (χ0n) is 28.5. The van der Waals surface area contributed by atoms with Gasteiger partial charge in [-0.15, -0.1) is 0 Å². The van der Waals surface area contributed by atoms with Crippen LogP contribution in [0.4, 0.5) is 5.69 Å². The summed E-state index contributed by atoms with van der Waals surface area (Å²) in [6.45, 7) is 6.63. The maximum atomic E-state index is 13.7. The van der Waals surface area contributed by atoms with Crippen LogP contribution in [0.15, 0.2) is 48.5 Å². The van der Waals surface area contributed by atoms with E-state index in [2.05, 4.69) is 15.5 Å². The maximum Gasteiger partial charge on any atom is 0.243 e. The van der Waals surface area contributed by atoms with Crippen molar-refractivity contribution in [2.45, 2.75) is 128 Å². The predicted molar refractivity (Wildman–Crippen MR) is 181 cm³/mol. The normalized spacial score (nSPS) is 26.3. The molecule has 3 fully saturated rings. The Kier molecular flexibility index (Phi) is 12.3. The fraction of sp³-hybridized carbons (Fsp3) is 0.595. The van der Waals surface area contributed by atoms with Gasteiger partial charge in [0, 0.05) is 48.6 Å². The van der Waals surface area contributed by atoms with E-state index >= 15 is 0 Å². The molecule has 11 nitrogen and oxygen atoms in total. The van der Waals surface area contributed by atoms with Crippen molar-refractivity contribution < 1.29 is 34.2 Å². The second kappa shape index (κ2) is 16.4. The van der Waals surface area contributed by atoms with Crippen LogP contribution in [0.3, 0.4) is 0 Å². The highest BCUT2D eigenvalue weighted by Crippen LogP contribution is 2.42. The minimum atomic E-state index is -0.717. The van der Waals surface area contributed by atoms with Gasteiger partial charge in [-0.3, -0.25) is 24.5 Å². The summed E-state index contributed by atoms with van der Waals surface area (Å²) in [4.78, 5) is 40.0. The first-order chi connectivity index (χ1) is 23.0. The van der Waals surface area contributed by atoms with Gasteiger partial charge in [0.1, 0.15) is 0 Å². The molecular weight excluding hydrogens is 612 g/mol. The summed E-state index contributed by atoms with van der Waals surface area (Å²) in [6, 6.07) is 15.3. The van der Waals surface area contributed by atoms with Crippen LogP contribution >= 0.6 is 0 Å². The molecule has 2 aromatic rings. The highest BCUT2D eigenvalue weighted by Gasteiger charge is 2.44. The molecule has 2 heterocycles. The van der Waals surface area contributed by atoms with E-state index in [1.54, 1.807) is 11.5 Å². The fourth-order valence-electron chi connectivity index (χ4n) is 7.45. The van der Waals surface area contributed by atoms with E-state index in [-0.39, 0.29) is 55.1 Å². The van der Waals surface area contributed by atoms with Gasteiger partial charge in [-0.05, 0) is 82.1 Å². The van der Waals surface area contributed by atoms with Crippen LogP contribution in [0.25, 0.3) is 0 Å². The third kappa shape index (κ3) is 9.63. The number of hydrogen-bond donors (Lipinski definition) is 5. The topological polar surface area (TPSA) is 149 Å². The number of benzene rings is 2. The van der Waals surface area contributed by atoms with E-state index in [0.717, 1.165) is 42.4 Å². The van der Waals surface area contributed by atoms with Crippen molar-refractivity contribution >= 4 is 23.4 Å². The van der Waals surface area contributed by atoms with Gasteiger partial charge in [0.2, 0.25) is 17.7 Å². The van der Waals surface area contributed by atoms with Crippen LogP contribution in [-0.4, -0.2) is 63.2 Å². The Balaban J connectivity index is 1.37. The van der Waals surface area contributed by atoms with Crippen molar-refractivity contribution in [1.82, 2.24) is 15.7 Å². The number of amides is 3. The third-order valence-corrected chi connectivity index (χ3v) is 9.71. The first-order valence-corrected chi connectivity index (χ1v) is 17.4. The molecule has 11 heteroatoms. The molecule has 262 valence electrons. The number of rotatable bonds is 11. The number of piperidine rings is 1.